The van der Waals surface area contributed by atoms with E-state index in [-0.39, 0.29) is 5.56 Å². The van der Waals surface area contributed by atoms with E-state index in [0.717, 1.165) is 0 Å². The quantitative estimate of drug-likeness (QED) is 0.799. The maximum Gasteiger partial charge on any atom is 0.341 e. The summed E-state index contributed by atoms with van der Waals surface area (Å²) in [6.07, 6.45) is 6.20. The second-order valence-electron chi connectivity index (χ2n) is 4.91. The molecule has 0 aromatic carbocycles. The number of allylic oxidation sites excluding steroid dienone is 2. The van der Waals surface area contributed by atoms with Crippen LogP contribution in [-0.4, -0.2) is 21.6 Å². The third-order valence-electron chi connectivity index (χ3n) is 3.66. The average molecular weight is 276 g/mol. The van der Waals surface area contributed by atoms with E-state index in [9.17, 15) is 14.4 Å². The van der Waals surface area contributed by atoms with Gasteiger partial charge in [-0.05, 0) is 31.4 Å². The standard InChI is InChI=1S/C14H16N2O4/c1-8-6-7-16(13(18)11(8)14(19)20)10-5-3-2-4-9(10)12(15)17/h2-3,6-7,9-10H,4-5H2,1H3,(H2,15,17)(H,19,20)/t9-,10-/m1/s1. The average Bonchev–Trinajstić information content (AvgIpc) is 2.38. The van der Waals surface area contributed by atoms with Crippen LogP contribution in [0, 0.1) is 12.8 Å². The van der Waals surface area contributed by atoms with Gasteiger partial charge in [-0.3, -0.25) is 9.59 Å². The first-order valence-corrected chi connectivity index (χ1v) is 6.33. The second-order valence-corrected chi connectivity index (χ2v) is 4.91. The van der Waals surface area contributed by atoms with Crippen molar-refractivity contribution in [2.24, 2.45) is 11.7 Å². The van der Waals surface area contributed by atoms with Crippen molar-refractivity contribution >= 4 is 11.9 Å². The van der Waals surface area contributed by atoms with Crippen LogP contribution in [0.25, 0.3) is 0 Å². The zero-order chi connectivity index (χ0) is 14.9. The van der Waals surface area contributed by atoms with Crippen LogP contribution in [0.1, 0.15) is 34.8 Å². The maximum atomic E-state index is 12.3. The third kappa shape index (κ3) is 2.36. The molecule has 6 heteroatoms. The highest BCUT2D eigenvalue weighted by Crippen LogP contribution is 2.29. The highest BCUT2D eigenvalue weighted by Gasteiger charge is 2.30. The van der Waals surface area contributed by atoms with Gasteiger partial charge in [0, 0.05) is 6.20 Å². The van der Waals surface area contributed by atoms with Crippen molar-refractivity contribution in [1.82, 2.24) is 4.57 Å². The van der Waals surface area contributed by atoms with Crippen molar-refractivity contribution in [3.05, 3.63) is 45.9 Å². The Morgan fingerprint density at radius 2 is 2.00 bits per heavy atom. The zero-order valence-electron chi connectivity index (χ0n) is 11.1. The molecule has 1 aliphatic rings. The molecular formula is C14H16N2O4. The van der Waals surface area contributed by atoms with Gasteiger partial charge in [0.05, 0.1) is 12.0 Å². The number of hydrogen-bond donors (Lipinski definition) is 2. The zero-order valence-corrected chi connectivity index (χ0v) is 11.1. The Kier molecular flexibility index (Phi) is 3.74. The van der Waals surface area contributed by atoms with Crippen molar-refractivity contribution in [3.8, 4) is 0 Å². The molecule has 106 valence electrons. The minimum atomic E-state index is -1.26. The van der Waals surface area contributed by atoms with Crippen molar-refractivity contribution in [1.29, 1.82) is 0 Å². The smallest absolute Gasteiger partial charge is 0.341 e. The summed E-state index contributed by atoms with van der Waals surface area (Å²) >= 11 is 0. The number of nitrogens with two attached hydrogens (primary N) is 1. The number of aryl methyl sites for hydroxylation is 1. The molecule has 1 aromatic heterocycles. The second kappa shape index (κ2) is 5.32. The first kappa shape index (κ1) is 14.0. The van der Waals surface area contributed by atoms with E-state index in [1.54, 1.807) is 13.0 Å². The van der Waals surface area contributed by atoms with Gasteiger partial charge in [0.15, 0.2) is 0 Å². The van der Waals surface area contributed by atoms with Crippen LogP contribution in [0.2, 0.25) is 0 Å². The molecule has 3 N–H and O–H groups in total. The molecule has 0 bridgehead atoms. The summed E-state index contributed by atoms with van der Waals surface area (Å²) in [5.41, 5.74) is 4.92. The topological polar surface area (TPSA) is 102 Å². The summed E-state index contributed by atoms with van der Waals surface area (Å²) in [5, 5.41) is 9.13. The van der Waals surface area contributed by atoms with E-state index in [1.807, 2.05) is 12.2 Å². The van der Waals surface area contributed by atoms with Gasteiger partial charge < -0.3 is 15.4 Å². The van der Waals surface area contributed by atoms with Gasteiger partial charge in [0.1, 0.15) is 5.56 Å². The number of pyridine rings is 1. The van der Waals surface area contributed by atoms with Gasteiger partial charge in [0.2, 0.25) is 5.91 Å². The van der Waals surface area contributed by atoms with Crippen LogP contribution < -0.4 is 11.3 Å². The Morgan fingerprint density at radius 3 is 2.60 bits per heavy atom. The Balaban J connectivity index is 2.55. The molecule has 1 aliphatic carbocycles. The van der Waals surface area contributed by atoms with Gasteiger partial charge in [-0.25, -0.2) is 4.79 Å². The molecule has 0 aliphatic heterocycles. The van der Waals surface area contributed by atoms with E-state index in [2.05, 4.69) is 0 Å². The molecule has 0 fully saturated rings. The molecule has 0 saturated heterocycles. The lowest BCUT2D eigenvalue weighted by Gasteiger charge is -2.28. The number of aromatic carboxylic acids is 1. The van der Waals surface area contributed by atoms with E-state index < -0.39 is 29.4 Å². The Morgan fingerprint density at radius 1 is 1.35 bits per heavy atom. The summed E-state index contributed by atoms with van der Waals surface area (Å²) in [6.45, 7) is 1.57. The third-order valence-corrected chi connectivity index (χ3v) is 3.66. The van der Waals surface area contributed by atoms with Crippen molar-refractivity contribution in [2.75, 3.05) is 0 Å². The molecule has 0 spiro atoms. The molecule has 2 atom stereocenters. The van der Waals surface area contributed by atoms with Crippen LogP contribution in [0.5, 0.6) is 0 Å². The Bertz CT molecular complexity index is 645. The molecule has 0 radical (unpaired) electrons. The lowest BCUT2D eigenvalue weighted by Crippen LogP contribution is -2.38. The number of carbonyl (C=O) groups is 2. The van der Waals surface area contributed by atoms with E-state index in [4.69, 9.17) is 10.8 Å². The number of rotatable bonds is 3. The SMILES string of the molecule is Cc1ccn([C@@H]2CC=CC[C@H]2C(N)=O)c(=O)c1C(=O)O. The molecule has 1 amide bonds. The first-order valence-electron chi connectivity index (χ1n) is 6.33. The number of primary amides is 1. The largest absolute Gasteiger partial charge is 0.477 e. The molecule has 6 nitrogen and oxygen atoms in total. The van der Waals surface area contributed by atoms with Crippen LogP contribution in [0.4, 0.5) is 0 Å². The normalized spacial score (nSPS) is 21.6. The number of nitrogens with zero attached hydrogens (tertiary/aromatic N) is 1. The van der Waals surface area contributed by atoms with Gasteiger partial charge in [-0.2, -0.15) is 0 Å². The summed E-state index contributed by atoms with van der Waals surface area (Å²) in [5.74, 6) is -2.24. The fourth-order valence-electron chi connectivity index (χ4n) is 2.58. The molecular weight excluding hydrogens is 260 g/mol. The van der Waals surface area contributed by atoms with Gasteiger partial charge in [0.25, 0.3) is 5.56 Å². The molecule has 0 unspecified atom stereocenters. The molecule has 1 aromatic rings. The summed E-state index contributed by atoms with van der Waals surface area (Å²) in [6, 6.07) is 1.14. The van der Waals surface area contributed by atoms with Crippen LogP contribution >= 0.6 is 0 Å². The first-order chi connectivity index (χ1) is 9.43. The number of carboxylic acid groups (broad SMARTS) is 1. The van der Waals surface area contributed by atoms with Crippen LogP contribution in [-0.2, 0) is 4.79 Å². The van der Waals surface area contributed by atoms with Crippen molar-refractivity contribution < 1.29 is 14.7 Å². The highest BCUT2D eigenvalue weighted by atomic mass is 16.4. The lowest BCUT2D eigenvalue weighted by atomic mass is 9.88. The summed E-state index contributed by atoms with van der Waals surface area (Å²) in [7, 11) is 0. The van der Waals surface area contributed by atoms with Crippen molar-refractivity contribution in [2.45, 2.75) is 25.8 Å². The van der Waals surface area contributed by atoms with E-state index in [1.165, 1.54) is 10.8 Å². The lowest BCUT2D eigenvalue weighted by molar-refractivity contribution is -0.123. The van der Waals surface area contributed by atoms with Gasteiger partial charge in [-0.15, -0.1) is 0 Å². The number of aromatic nitrogens is 1. The van der Waals surface area contributed by atoms with Crippen LogP contribution in [0.15, 0.2) is 29.2 Å². The Hall–Kier alpha value is -2.37. The van der Waals surface area contributed by atoms with Gasteiger partial charge >= 0.3 is 5.97 Å². The minimum absolute atomic E-state index is 0.259. The van der Waals surface area contributed by atoms with Crippen LogP contribution in [0.3, 0.4) is 0 Å². The summed E-state index contributed by atoms with van der Waals surface area (Å²) < 4.78 is 1.31. The predicted molar refractivity (Wildman–Crippen MR) is 72.5 cm³/mol. The number of hydrogen-bond acceptors (Lipinski definition) is 3. The monoisotopic (exact) mass is 276 g/mol. The fraction of sp³-hybridized carbons (Fsp3) is 0.357. The van der Waals surface area contributed by atoms with E-state index >= 15 is 0 Å². The minimum Gasteiger partial charge on any atom is -0.477 e. The fourth-order valence-corrected chi connectivity index (χ4v) is 2.58. The van der Waals surface area contributed by atoms with Gasteiger partial charge in [-0.1, -0.05) is 12.2 Å². The molecule has 2 rings (SSSR count). The number of carboxylic acids is 1. The van der Waals surface area contributed by atoms with E-state index in [0.29, 0.717) is 18.4 Å². The predicted octanol–water partition coefficient (Wildman–Crippen LogP) is 0.848. The Labute approximate surface area is 115 Å². The maximum absolute atomic E-state index is 12.3. The molecule has 0 saturated carbocycles. The molecule has 20 heavy (non-hydrogen) atoms. The summed E-state index contributed by atoms with van der Waals surface area (Å²) in [4.78, 5) is 35.0. The molecule has 1 heterocycles. The van der Waals surface area contributed by atoms with Crippen molar-refractivity contribution in [3.63, 3.8) is 0 Å². The highest BCUT2D eigenvalue weighted by molar-refractivity contribution is 5.88. The number of carbonyl (C=O) groups excluding carboxylic acids is 1. The number of amides is 1.